The lowest BCUT2D eigenvalue weighted by Crippen LogP contribution is -2.32. The first-order valence-electron chi connectivity index (χ1n) is 11.6. The third-order valence-electron chi connectivity index (χ3n) is 6.10. The van der Waals surface area contributed by atoms with Gasteiger partial charge in [0, 0.05) is 29.2 Å². The van der Waals surface area contributed by atoms with Crippen molar-refractivity contribution in [3.05, 3.63) is 83.8 Å². The Bertz CT molecular complexity index is 1480. The third-order valence-corrected chi connectivity index (χ3v) is 6.10. The number of anilines is 2. The predicted octanol–water partition coefficient (Wildman–Crippen LogP) is 4.29. The third kappa shape index (κ3) is 4.33. The average Bonchev–Trinajstić information content (AvgIpc) is 3.36. The number of carbonyl (C=O) groups is 1. The van der Waals surface area contributed by atoms with Crippen LogP contribution in [-0.2, 0) is 4.79 Å². The van der Waals surface area contributed by atoms with E-state index >= 15 is 0 Å². The zero-order valence-electron chi connectivity index (χ0n) is 20.9. The molecule has 0 saturated heterocycles. The maximum atomic E-state index is 13.9. The molecule has 1 aliphatic rings. The lowest BCUT2D eigenvalue weighted by Gasteiger charge is -2.30. The highest BCUT2D eigenvalue weighted by Gasteiger charge is 2.37. The number of fused-ring (bicyclic) bond motifs is 1. The van der Waals surface area contributed by atoms with Gasteiger partial charge in [-0.15, -0.1) is 5.10 Å². The van der Waals surface area contributed by atoms with Gasteiger partial charge in [0.15, 0.2) is 17.3 Å². The fourth-order valence-corrected chi connectivity index (χ4v) is 4.41. The van der Waals surface area contributed by atoms with Crippen LogP contribution in [0.25, 0.3) is 11.4 Å². The number of pyridine rings is 1. The number of rotatable bonds is 7. The average molecular weight is 499 g/mol. The highest BCUT2D eigenvalue weighted by Crippen LogP contribution is 2.43. The number of methoxy groups -OCH3 is 3. The summed E-state index contributed by atoms with van der Waals surface area (Å²) >= 11 is 0. The summed E-state index contributed by atoms with van der Waals surface area (Å²) < 4.78 is 18.4. The van der Waals surface area contributed by atoms with Crippen molar-refractivity contribution in [3.63, 3.8) is 0 Å². The minimum Gasteiger partial charge on any atom is -0.495 e. The van der Waals surface area contributed by atoms with Crippen molar-refractivity contribution in [3.8, 4) is 28.6 Å². The molecule has 0 bridgehead atoms. The summed E-state index contributed by atoms with van der Waals surface area (Å²) in [5, 5.41) is 11.0. The van der Waals surface area contributed by atoms with Crippen molar-refractivity contribution in [2.24, 2.45) is 0 Å². The van der Waals surface area contributed by atoms with Crippen molar-refractivity contribution >= 4 is 17.5 Å². The normalized spacial score (nSPS) is 14.4. The van der Waals surface area contributed by atoms with Crippen molar-refractivity contribution < 1.29 is 19.0 Å². The summed E-state index contributed by atoms with van der Waals surface area (Å²) in [6.45, 7) is 1.83. The summed E-state index contributed by atoms with van der Waals surface area (Å²) in [5.74, 6) is 2.22. The number of allylic oxidation sites excluding steroid dienone is 1. The number of carbonyl (C=O) groups excluding carboxylic acids is 1. The number of aromatic nitrogens is 4. The highest BCUT2D eigenvalue weighted by molar-refractivity contribution is 6.06. The van der Waals surface area contributed by atoms with Crippen LogP contribution in [0.15, 0.2) is 78.3 Å². The molecule has 4 aromatic rings. The van der Waals surface area contributed by atoms with Gasteiger partial charge in [-0.1, -0.05) is 24.3 Å². The quantitative estimate of drug-likeness (QED) is 0.388. The van der Waals surface area contributed by atoms with Gasteiger partial charge in [0.2, 0.25) is 5.95 Å². The Morgan fingerprint density at radius 3 is 2.49 bits per heavy atom. The lowest BCUT2D eigenvalue weighted by atomic mass is 9.94. The van der Waals surface area contributed by atoms with Crippen molar-refractivity contribution in [2.75, 3.05) is 32.0 Å². The van der Waals surface area contributed by atoms with E-state index in [9.17, 15) is 4.79 Å². The summed E-state index contributed by atoms with van der Waals surface area (Å²) in [6.07, 6.45) is 3.38. The Labute approximate surface area is 213 Å². The van der Waals surface area contributed by atoms with Gasteiger partial charge < -0.3 is 24.8 Å². The van der Waals surface area contributed by atoms with E-state index in [1.165, 1.54) is 0 Å². The molecule has 0 unspecified atom stereocenters. The number of nitrogens with one attached hydrogen (secondary N) is 2. The van der Waals surface area contributed by atoms with Crippen molar-refractivity contribution in [2.45, 2.75) is 13.0 Å². The minimum absolute atomic E-state index is 0.326. The van der Waals surface area contributed by atoms with E-state index in [1.54, 1.807) is 56.6 Å². The monoisotopic (exact) mass is 498 g/mol. The molecule has 10 nitrogen and oxygen atoms in total. The first-order chi connectivity index (χ1) is 18.0. The Balaban J connectivity index is 1.67. The highest BCUT2D eigenvalue weighted by atomic mass is 16.5. The SMILES string of the molecule is COc1ccccc1NC(=O)C1=C(C)Nc2nc(-c3cccnc3)nn2[C@@H]1c1cccc(OC)c1OC. The molecule has 0 aliphatic carbocycles. The molecule has 188 valence electrons. The van der Waals surface area contributed by atoms with Crippen LogP contribution in [0.5, 0.6) is 17.2 Å². The predicted molar refractivity (Wildman–Crippen MR) is 139 cm³/mol. The molecule has 1 aliphatic heterocycles. The van der Waals surface area contributed by atoms with Gasteiger partial charge in [0.25, 0.3) is 5.91 Å². The van der Waals surface area contributed by atoms with Crippen LogP contribution in [-0.4, -0.2) is 47.0 Å². The molecule has 0 spiro atoms. The molecule has 1 amide bonds. The van der Waals surface area contributed by atoms with Crippen LogP contribution in [0.4, 0.5) is 11.6 Å². The Morgan fingerprint density at radius 2 is 1.76 bits per heavy atom. The lowest BCUT2D eigenvalue weighted by molar-refractivity contribution is -0.113. The molecule has 10 heteroatoms. The van der Waals surface area contributed by atoms with Crippen LogP contribution in [0.2, 0.25) is 0 Å². The van der Waals surface area contributed by atoms with Gasteiger partial charge in [-0.3, -0.25) is 9.78 Å². The van der Waals surface area contributed by atoms with Crippen LogP contribution < -0.4 is 24.8 Å². The van der Waals surface area contributed by atoms with E-state index in [1.807, 2.05) is 43.3 Å². The molecule has 2 aromatic carbocycles. The summed E-state index contributed by atoms with van der Waals surface area (Å²) in [4.78, 5) is 22.7. The molecule has 5 rings (SSSR count). The fourth-order valence-electron chi connectivity index (χ4n) is 4.41. The molecule has 0 radical (unpaired) electrons. The fraction of sp³-hybridized carbons (Fsp3) is 0.185. The van der Waals surface area contributed by atoms with E-state index in [-0.39, 0.29) is 5.91 Å². The Morgan fingerprint density at radius 1 is 0.973 bits per heavy atom. The minimum atomic E-state index is -0.672. The smallest absolute Gasteiger partial charge is 0.255 e. The van der Waals surface area contributed by atoms with Gasteiger partial charge in [0.05, 0.1) is 32.6 Å². The summed E-state index contributed by atoms with van der Waals surface area (Å²) in [5.41, 5.74) is 3.05. The van der Waals surface area contributed by atoms with E-state index in [0.717, 1.165) is 5.56 Å². The number of hydrogen-bond donors (Lipinski definition) is 2. The number of hydrogen-bond acceptors (Lipinski definition) is 8. The molecule has 0 saturated carbocycles. The molecule has 2 N–H and O–H groups in total. The van der Waals surface area contributed by atoms with Crippen LogP contribution >= 0.6 is 0 Å². The summed E-state index contributed by atoms with van der Waals surface area (Å²) in [6, 6.07) is 15.8. The van der Waals surface area contributed by atoms with Gasteiger partial charge in [-0.25, -0.2) is 4.68 Å². The standard InChI is InChI=1S/C27H26N6O4/c1-16-22(26(34)30-19-11-5-6-12-20(19)35-2)23(18-10-7-13-21(36-3)24(18)37-4)33-27(29-16)31-25(32-33)17-9-8-14-28-15-17/h5-15,23H,1-4H3,(H,30,34)(H,29,31,32)/t23-/m1/s1. The van der Waals surface area contributed by atoms with Crippen LogP contribution in [0.3, 0.4) is 0 Å². The largest absolute Gasteiger partial charge is 0.495 e. The number of amides is 1. The Hall–Kier alpha value is -4.86. The maximum absolute atomic E-state index is 13.9. The number of nitrogens with zero attached hydrogens (tertiary/aromatic N) is 4. The topological polar surface area (TPSA) is 112 Å². The first-order valence-corrected chi connectivity index (χ1v) is 11.6. The first kappa shape index (κ1) is 23.9. The van der Waals surface area contributed by atoms with Crippen molar-refractivity contribution in [1.29, 1.82) is 0 Å². The number of ether oxygens (including phenoxy) is 3. The van der Waals surface area contributed by atoms with Crippen LogP contribution in [0.1, 0.15) is 18.5 Å². The molecule has 37 heavy (non-hydrogen) atoms. The molecular formula is C27H26N6O4. The second kappa shape index (κ2) is 10.0. The van der Waals surface area contributed by atoms with E-state index in [2.05, 4.69) is 15.6 Å². The van der Waals surface area contributed by atoms with Crippen LogP contribution in [0, 0.1) is 0 Å². The van der Waals surface area contributed by atoms with E-state index in [0.29, 0.717) is 51.5 Å². The van der Waals surface area contributed by atoms with Gasteiger partial charge in [-0.05, 0) is 37.3 Å². The molecule has 2 aromatic heterocycles. The molecule has 0 fully saturated rings. The zero-order valence-corrected chi connectivity index (χ0v) is 20.9. The zero-order chi connectivity index (χ0) is 25.9. The van der Waals surface area contributed by atoms with E-state index in [4.69, 9.17) is 24.3 Å². The molecule has 3 heterocycles. The van der Waals surface area contributed by atoms with Gasteiger partial charge in [0.1, 0.15) is 11.8 Å². The second-order valence-corrected chi connectivity index (χ2v) is 8.25. The van der Waals surface area contributed by atoms with E-state index < -0.39 is 6.04 Å². The van der Waals surface area contributed by atoms with Gasteiger partial charge in [-0.2, -0.15) is 4.98 Å². The molecular weight excluding hydrogens is 472 g/mol. The summed E-state index contributed by atoms with van der Waals surface area (Å²) in [7, 11) is 4.70. The molecule has 1 atom stereocenters. The second-order valence-electron chi connectivity index (χ2n) is 8.25. The number of benzene rings is 2. The Kier molecular flexibility index (Phi) is 6.46. The van der Waals surface area contributed by atoms with Gasteiger partial charge >= 0.3 is 0 Å². The van der Waals surface area contributed by atoms with Crippen molar-refractivity contribution in [1.82, 2.24) is 19.7 Å². The number of para-hydroxylation sites is 3. The maximum Gasteiger partial charge on any atom is 0.255 e.